The van der Waals surface area contributed by atoms with Crippen LogP contribution in [0, 0.1) is 0 Å². The third-order valence-corrected chi connectivity index (χ3v) is 7.51. The van der Waals surface area contributed by atoms with Crippen LogP contribution in [-0.2, 0) is 17.1 Å². The average Bonchev–Trinajstić information content (AvgIpc) is 3.45. The van der Waals surface area contributed by atoms with Gasteiger partial charge >= 0.3 is 0 Å². The molecule has 0 aliphatic heterocycles. The number of carbonyl (C=O) groups excluding carboxylic acids is 1. The number of benzene rings is 1. The van der Waals surface area contributed by atoms with Crippen LogP contribution in [0.25, 0.3) is 16.7 Å². The van der Waals surface area contributed by atoms with Crippen LogP contribution in [0.2, 0.25) is 0 Å². The van der Waals surface area contributed by atoms with Crippen molar-refractivity contribution in [3.8, 4) is 0 Å². The summed E-state index contributed by atoms with van der Waals surface area (Å²) in [6, 6.07) is 11.5. The van der Waals surface area contributed by atoms with E-state index in [1.54, 1.807) is 35.2 Å². The highest BCUT2D eigenvalue weighted by Gasteiger charge is 2.17. The van der Waals surface area contributed by atoms with Crippen LogP contribution in [0.4, 0.5) is 0 Å². The molecule has 0 radical (unpaired) electrons. The molecule has 0 spiro atoms. The van der Waals surface area contributed by atoms with Crippen LogP contribution in [0.1, 0.15) is 4.88 Å². The Labute approximate surface area is 191 Å². The predicted molar refractivity (Wildman–Crippen MR) is 129 cm³/mol. The first-order valence-electron chi connectivity index (χ1n) is 9.66. The molecule has 7 nitrogen and oxygen atoms in total. The van der Waals surface area contributed by atoms with Gasteiger partial charge in [0.1, 0.15) is 0 Å². The molecule has 0 bridgehead atoms. The van der Waals surface area contributed by atoms with E-state index in [1.807, 2.05) is 28.7 Å². The topological polar surface area (TPSA) is 81.3 Å². The molecular formula is C21H21N5O2S3. The second kappa shape index (κ2) is 10.2. The van der Waals surface area contributed by atoms with Gasteiger partial charge in [0.25, 0.3) is 5.56 Å². The van der Waals surface area contributed by atoms with E-state index in [9.17, 15) is 9.59 Å². The van der Waals surface area contributed by atoms with Crippen LogP contribution in [0.5, 0.6) is 0 Å². The van der Waals surface area contributed by atoms with Crippen LogP contribution in [-0.4, -0.2) is 43.1 Å². The molecule has 0 aliphatic carbocycles. The zero-order valence-electron chi connectivity index (χ0n) is 16.7. The van der Waals surface area contributed by atoms with E-state index in [2.05, 4.69) is 33.5 Å². The summed E-state index contributed by atoms with van der Waals surface area (Å²) in [5, 5.41) is 14.6. The maximum Gasteiger partial charge on any atom is 0.263 e. The lowest BCUT2D eigenvalue weighted by atomic mass is 10.2. The van der Waals surface area contributed by atoms with Gasteiger partial charge in [0.2, 0.25) is 11.7 Å². The van der Waals surface area contributed by atoms with Crippen molar-refractivity contribution >= 4 is 57.4 Å². The number of fused-ring (bicyclic) bond motifs is 3. The summed E-state index contributed by atoms with van der Waals surface area (Å²) < 4.78 is 3.37. The van der Waals surface area contributed by atoms with Crippen molar-refractivity contribution < 1.29 is 4.79 Å². The van der Waals surface area contributed by atoms with E-state index in [4.69, 9.17) is 0 Å². The summed E-state index contributed by atoms with van der Waals surface area (Å²) in [6.07, 6.45) is 1.65. The third kappa shape index (κ3) is 4.86. The largest absolute Gasteiger partial charge is 0.355 e. The highest BCUT2D eigenvalue weighted by molar-refractivity contribution is 7.99. The molecule has 0 aliphatic rings. The van der Waals surface area contributed by atoms with Gasteiger partial charge < -0.3 is 5.32 Å². The summed E-state index contributed by atoms with van der Waals surface area (Å²) >= 11 is 4.85. The van der Waals surface area contributed by atoms with Gasteiger partial charge in [0.05, 0.1) is 16.7 Å². The van der Waals surface area contributed by atoms with Crippen molar-refractivity contribution in [2.24, 2.45) is 0 Å². The van der Waals surface area contributed by atoms with Crippen molar-refractivity contribution in [1.29, 1.82) is 0 Å². The molecule has 160 valence electrons. The SMILES string of the molecule is C=CCn1c(=O)c2ccccc2n2c(SCC(=O)NCCSCc3cccs3)nnc12. The molecule has 10 heteroatoms. The van der Waals surface area contributed by atoms with Gasteiger partial charge in [-0.15, -0.1) is 28.1 Å². The molecule has 31 heavy (non-hydrogen) atoms. The molecular weight excluding hydrogens is 450 g/mol. The third-order valence-electron chi connectivity index (χ3n) is 4.52. The summed E-state index contributed by atoms with van der Waals surface area (Å²) in [5.74, 6) is 2.44. The first-order valence-corrected chi connectivity index (χ1v) is 12.7. The minimum absolute atomic E-state index is 0.0535. The van der Waals surface area contributed by atoms with Crippen LogP contribution in [0.3, 0.4) is 0 Å². The van der Waals surface area contributed by atoms with Crippen molar-refractivity contribution in [3.63, 3.8) is 0 Å². The van der Waals surface area contributed by atoms with E-state index in [-0.39, 0.29) is 17.2 Å². The Morgan fingerprint density at radius 3 is 2.90 bits per heavy atom. The molecule has 1 N–H and O–H groups in total. The van der Waals surface area contributed by atoms with Gasteiger partial charge in [-0.25, -0.2) is 0 Å². The first-order chi connectivity index (χ1) is 15.2. The summed E-state index contributed by atoms with van der Waals surface area (Å²) in [4.78, 5) is 26.4. The minimum atomic E-state index is -0.134. The second-order valence-electron chi connectivity index (χ2n) is 6.61. The average molecular weight is 472 g/mol. The van der Waals surface area contributed by atoms with Gasteiger partial charge in [-0.2, -0.15) is 11.8 Å². The maximum atomic E-state index is 12.8. The maximum absolute atomic E-state index is 12.8. The number of hydrogen-bond donors (Lipinski definition) is 1. The van der Waals surface area contributed by atoms with Gasteiger partial charge in [-0.05, 0) is 23.6 Å². The standard InChI is InChI=1S/C21H21N5O2S3/c1-2-10-25-19(28)16-7-3-4-8-17(16)26-20(25)23-24-21(26)31-14-18(27)22-9-12-29-13-15-6-5-11-30-15/h2-8,11H,1,9-10,12-14H2,(H,22,27). The number of rotatable bonds is 10. The number of thiophene rings is 1. The Kier molecular flexibility index (Phi) is 7.10. The Bertz CT molecular complexity index is 1260. The zero-order valence-corrected chi connectivity index (χ0v) is 19.1. The zero-order chi connectivity index (χ0) is 21.6. The molecule has 1 amide bonds. The highest BCUT2D eigenvalue weighted by Crippen LogP contribution is 2.21. The summed E-state index contributed by atoms with van der Waals surface area (Å²) in [7, 11) is 0. The molecule has 0 atom stereocenters. The quantitative estimate of drug-likeness (QED) is 0.217. The number of thioether (sulfide) groups is 2. The number of hydrogen-bond acceptors (Lipinski definition) is 7. The Morgan fingerprint density at radius 2 is 2.10 bits per heavy atom. The molecule has 3 aromatic heterocycles. The van der Waals surface area contributed by atoms with Gasteiger partial charge in [0.15, 0.2) is 5.16 Å². The Hall–Kier alpha value is -2.56. The molecule has 0 fully saturated rings. The fourth-order valence-corrected chi connectivity index (χ4v) is 5.60. The minimum Gasteiger partial charge on any atom is -0.355 e. The monoisotopic (exact) mass is 471 g/mol. The molecule has 4 rings (SSSR count). The lowest BCUT2D eigenvalue weighted by Gasteiger charge is -2.09. The molecule has 0 saturated carbocycles. The van der Waals surface area contributed by atoms with Crippen molar-refractivity contribution in [2.45, 2.75) is 17.5 Å². The van der Waals surface area contributed by atoms with Crippen LogP contribution in [0.15, 0.2) is 64.4 Å². The van der Waals surface area contributed by atoms with E-state index in [0.29, 0.717) is 29.4 Å². The smallest absolute Gasteiger partial charge is 0.263 e. The number of para-hydroxylation sites is 1. The second-order valence-corrected chi connectivity index (χ2v) is 9.69. The van der Waals surface area contributed by atoms with Crippen molar-refractivity contribution in [2.75, 3.05) is 18.1 Å². The van der Waals surface area contributed by atoms with Crippen molar-refractivity contribution in [3.05, 3.63) is 69.7 Å². The number of allylic oxidation sites excluding steroid dienone is 1. The number of nitrogens with one attached hydrogen (secondary N) is 1. The summed E-state index contributed by atoms with van der Waals surface area (Å²) in [5.41, 5.74) is 0.588. The van der Waals surface area contributed by atoms with Crippen LogP contribution < -0.4 is 10.9 Å². The van der Waals surface area contributed by atoms with E-state index >= 15 is 0 Å². The number of nitrogens with zero attached hydrogens (tertiary/aromatic N) is 4. The molecule has 1 aromatic carbocycles. The number of amides is 1. The number of carbonyl (C=O) groups is 1. The molecule has 4 aromatic rings. The highest BCUT2D eigenvalue weighted by atomic mass is 32.2. The van der Waals surface area contributed by atoms with E-state index in [0.717, 1.165) is 17.0 Å². The predicted octanol–water partition coefficient (Wildman–Crippen LogP) is 3.43. The van der Waals surface area contributed by atoms with Crippen molar-refractivity contribution in [1.82, 2.24) is 24.5 Å². The molecule has 0 unspecified atom stereocenters. The van der Waals surface area contributed by atoms with E-state index in [1.165, 1.54) is 21.2 Å². The number of aromatic nitrogens is 4. The fourth-order valence-electron chi connectivity index (χ4n) is 3.13. The molecule has 0 saturated heterocycles. The van der Waals surface area contributed by atoms with Crippen LogP contribution >= 0.6 is 34.9 Å². The normalized spacial score (nSPS) is 11.2. The Balaban J connectivity index is 1.42. The lowest BCUT2D eigenvalue weighted by Crippen LogP contribution is -2.27. The fraction of sp³-hybridized carbons (Fsp3) is 0.238. The van der Waals surface area contributed by atoms with Gasteiger partial charge in [0, 0.05) is 29.5 Å². The van der Waals surface area contributed by atoms with Gasteiger partial charge in [-0.3, -0.25) is 18.6 Å². The summed E-state index contributed by atoms with van der Waals surface area (Å²) in [6.45, 7) is 4.69. The first kappa shape index (κ1) is 21.7. The Morgan fingerprint density at radius 1 is 1.23 bits per heavy atom. The lowest BCUT2D eigenvalue weighted by molar-refractivity contribution is -0.118. The van der Waals surface area contributed by atoms with Gasteiger partial charge in [-0.1, -0.05) is 36.0 Å². The molecule has 3 heterocycles. The van der Waals surface area contributed by atoms with E-state index < -0.39 is 0 Å².